The van der Waals surface area contributed by atoms with Crippen LogP contribution in [-0.2, 0) is 6.54 Å². The maximum Gasteiger partial charge on any atom is 0.346 e. The molecule has 0 spiro atoms. The molecule has 1 amide bonds. The van der Waals surface area contributed by atoms with Crippen LogP contribution in [-0.4, -0.2) is 40.2 Å². The van der Waals surface area contributed by atoms with E-state index in [0.29, 0.717) is 28.4 Å². The van der Waals surface area contributed by atoms with E-state index in [1.165, 1.54) is 17.8 Å². The van der Waals surface area contributed by atoms with Gasteiger partial charge in [-0.2, -0.15) is 4.98 Å². The van der Waals surface area contributed by atoms with Gasteiger partial charge in [0.2, 0.25) is 0 Å². The first-order valence-electron chi connectivity index (χ1n) is 7.35. The molecule has 0 fully saturated rings. The number of amides is 1. The number of aromatic nitrogens is 2. The molecule has 3 rings (SSSR count). The lowest BCUT2D eigenvalue weighted by Crippen LogP contribution is -2.34. The molecule has 2 heterocycles. The topological polar surface area (TPSA) is 75.3 Å². The number of para-hydroxylation sites is 1. The van der Waals surface area contributed by atoms with Crippen LogP contribution in [0.25, 0.3) is 0 Å². The number of benzene rings is 1. The Balaban J connectivity index is 1.98. The second-order valence-electron chi connectivity index (χ2n) is 5.35. The lowest BCUT2D eigenvalue weighted by molar-refractivity contribution is 0.0727. The number of rotatable bonds is 2. The average molecular weight is 349 g/mol. The maximum atomic E-state index is 13.8. The molecule has 0 saturated heterocycles. The number of carbonyl (C=O) groups is 1. The first-order chi connectivity index (χ1) is 11.5. The molecule has 1 aromatic heterocycles. The summed E-state index contributed by atoms with van der Waals surface area (Å²) in [7, 11) is 0. The SMILES string of the molecule is CSc1nc(=O)[nH]c(C)c1C(=O)N1CCOc2c(F)cccc2C1. The second kappa shape index (κ2) is 6.64. The number of thioether (sulfide) groups is 1. The van der Waals surface area contributed by atoms with Crippen molar-refractivity contribution < 1.29 is 13.9 Å². The van der Waals surface area contributed by atoms with Gasteiger partial charge in [-0.3, -0.25) is 4.79 Å². The monoisotopic (exact) mass is 349 g/mol. The number of nitrogens with zero attached hydrogens (tertiary/aromatic N) is 2. The summed E-state index contributed by atoms with van der Waals surface area (Å²) in [5.41, 5.74) is 0.956. The van der Waals surface area contributed by atoms with Crippen LogP contribution in [0.2, 0.25) is 0 Å². The van der Waals surface area contributed by atoms with Crippen molar-refractivity contribution in [2.75, 3.05) is 19.4 Å². The van der Waals surface area contributed by atoms with Crippen LogP contribution >= 0.6 is 11.8 Å². The van der Waals surface area contributed by atoms with Crippen LogP contribution in [0.15, 0.2) is 28.0 Å². The Labute approximate surface area is 142 Å². The van der Waals surface area contributed by atoms with Crippen LogP contribution in [0.4, 0.5) is 4.39 Å². The van der Waals surface area contributed by atoms with Crippen molar-refractivity contribution in [3.63, 3.8) is 0 Å². The fourth-order valence-electron chi connectivity index (χ4n) is 2.67. The van der Waals surface area contributed by atoms with Crippen LogP contribution in [0.1, 0.15) is 21.6 Å². The molecule has 6 nitrogen and oxygen atoms in total. The summed E-state index contributed by atoms with van der Waals surface area (Å²) in [4.78, 5) is 32.5. The Kier molecular flexibility index (Phi) is 4.57. The fourth-order valence-corrected chi connectivity index (χ4v) is 3.29. The molecule has 24 heavy (non-hydrogen) atoms. The molecule has 126 valence electrons. The molecule has 0 saturated carbocycles. The number of H-pyrrole nitrogens is 1. The van der Waals surface area contributed by atoms with Gasteiger partial charge in [0.15, 0.2) is 11.6 Å². The van der Waals surface area contributed by atoms with E-state index in [2.05, 4.69) is 9.97 Å². The highest BCUT2D eigenvalue weighted by Gasteiger charge is 2.26. The molecule has 1 aliphatic heterocycles. The van der Waals surface area contributed by atoms with Gasteiger partial charge in [-0.15, -0.1) is 11.8 Å². The highest BCUT2D eigenvalue weighted by atomic mass is 32.2. The predicted molar refractivity (Wildman–Crippen MR) is 88.0 cm³/mol. The van der Waals surface area contributed by atoms with Gasteiger partial charge in [0.25, 0.3) is 5.91 Å². The quantitative estimate of drug-likeness (QED) is 0.663. The molecule has 2 aromatic rings. The summed E-state index contributed by atoms with van der Waals surface area (Å²) in [6.45, 7) is 2.42. The van der Waals surface area contributed by atoms with Crippen molar-refractivity contribution in [1.29, 1.82) is 0 Å². The molecular formula is C16H16FN3O3S. The Bertz CT molecular complexity index is 853. The summed E-state index contributed by atoms with van der Waals surface area (Å²) in [5.74, 6) is -0.510. The summed E-state index contributed by atoms with van der Waals surface area (Å²) in [5, 5.41) is 0.380. The van der Waals surface area contributed by atoms with Gasteiger partial charge < -0.3 is 14.6 Å². The molecule has 0 aliphatic carbocycles. The largest absolute Gasteiger partial charge is 0.488 e. The number of ether oxygens (including phenoxy) is 1. The lowest BCUT2D eigenvalue weighted by Gasteiger charge is -2.21. The molecule has 0 atom stereocenters. The summed E-state index contributed by atoms with van der Waals surface area (Å²) in [6, 6.07) is 4.65. The zero-order chi connectivity index (χ0) is 17.3. The molecule has 8 heteroatoms. The van der Waals surface area contributed by atoms with E-state index in [9.17, 15) is 14.0 Å². The van der Waals surface area contributed by atoms with Crippen LogP contribution in [0, 0.1) is 12.7 Å². The Morgan fingerprint density at radius 3 is 3.00 bits per heavy atom. The smallest absolute Gasteiger partial charge is 0.346 e. The van der Waals surface area contributed by atoms with E-state index in [1.54, 1.807) is 30.2 Å². The van der Waals surface area contributed by atoms with Crippen molar-refractivity contribution in [3.8, 4) is 5.75 Å². The average Bonchev–Trinajstić information content (AvgIpc) is 2.77. The fraction of sp³-hybridized carbons (Fsp3) is 0.312. The summed E-state index contributed by atoms with van der Waals surface area (Å²) in [6.07, 6.45) is 1.76. The van der Waals surface area contributed by atoms with E-state index < -0.39 is 11.5 Å². The van der Waals surface area contributed by atoms with E-state index in [-0.39, 0.29) is 24.8 Å². The van der Waals surface area contributed by atoms with Gasteiger partial charge in [0, 0.05) is 17.8 Å². The number of aryl methyl sites for hydroxylation is 1. The van der Waals surface area contributed by atoms with E-state index >= 15 is 0 Å². The third-order valence-corrected chi connectivity index (χ3v) is 4.48. The van der Waals surface area contributed by atoms with Crippen molar-refractivity contribution in [3.05, 3.63) is 51.3 Å². The minimum atomic E-state index is -0.486. The Hall–Kier alpha value is -2.35. The minimum absolute atomic E-state index is 0.189. The van der Waals surface area contributed by atoms with Gasteiger partial charge in [-0.1, -0.05) is 12.1 Å². The van der Waals surface area contributed by atoms with Crippen molar-refractivity contribution in [2.24, 2.45) is 0 Å². The van der Waals surface area contributed by atoms with Crippen LogP contribution in [0.3, 0.4) is 0 Å². The van der Waals surface area contributed by atoms with Gasteiger partial charge in [0.1, 0.15) is 11.6 Å². The van der Waals surface area contributed by atoms with Gasteiger partial charge in [-0.25, -0.2) is 9.18 Å². The predicted octanol–water partition coefficient (Wildman–Crippen LogP) is 1.97. The first kappa shape index (κ1) is 16.5. The number of hydrogen-bond acceptors (Lipinski definition) is 5. The van der Waals surface area contributed by atoms with Gasteiger partial charge in [0.05, 0.1) is 12.1 Å². The number of carbonyl (C=O) groups excluding carboxylic acids is 1. The number of fused-ring (bicyclic) bond motifs is 1. The van der Waals surface area contributed by atoms with Crippen LogP contribution < -0.4 is 10.4 Å². The molecule has 0 radical (unpaired) electrons. The summed E-state index contributed by atoms with van der Waals surface area (Å²) >= 11 is 1.24. The first-order valence-corrected chi connectivity index (χ1v) is 8.58. The summed E-state index contributed by atoms with van der Waals surface area (Å²) < 4.78 is 19.3. The standard InChI is InChI=1S/C16H16FN3O3S/c1-9-12(14(24-2)19-16(22)18-9)15(21)20-6-7-23-13-10(8-20)4-3-5-11(13)17/h3-5H,6-8H2,1-2H3,(H,18,19,22). The van der Waals surface area contributed by atoms with Gasteiger partial charge in [-0.05, 0) is 19.2 Å². The third kappa shape index (κ3) is 3.01. The molecule has 0 bridgehead atoms. The Morgan fingerprint density at radius 2 is 2.25 bits per heavy atom. The van der Waals surface area contributed by atoms with Crippen LogP contribution in [0.5, 0.6) is 5.75 Å². The molecular weight excluding hydrogens is 333 g/mol. The number of halogens is 1. The Morgan fingerprint density at radius 1 is 1.46 bits per heavy atom. The van der Waals surface area contributed by atoms with E-state index in [1.807, 2.05) is 0 Å². The maximum absolute atomic E-state index is 13.8. The number of nitrogens with one attached hydrogen (secondary N) is 1. The van der Waals surface area contributed by atoms with E-state index in [0.717, 1.165) is 0 Å². The van der Waals surface area contributed by atoms with Crippen molar-refractivity contribution in [1.82, 2.24) is 14.9 Å². The molecule has 0 unspecified atom stereocenters. The number of hydrogen-bond donors (Lipinski definition) is 1. The second-order valence-corrected chi connectivity index (χ2v) is 6.15. The minimum Gasteiger partial charge on any atom is -0.488 e. The molecule has 1 N–H and O–H groups in total. The van der Waals surface area contributed by atoms with Crippen molar-refractivity contribution >= 4 is 17.7 Å². The van der Waals surface area contributed by atoms with E-state index in [4.69, 9.17) is 4.74 Å². The zero-order valence-electron chi connectivity index (χ0n) is 13.3. The lowest BCUT2D eigenvalue weighted by atomic mass is 10.1. The highest BCUT2D eigenvalue weighted by Crippen LogP contribution is 2.28. The normalized spacial score (nSPS) is 13.9. The molecule has 1 aromatic carbocycles. The van der Waals surface area contributed by atoms with Crippen molar-refractivity contribution in [2.45, 2.75) is 18.5 Å². The zero-order valence-corrected chi connectivity index (χ0v) is 14.1. The molecule has 1 aliphatic rings. The van der Waals surface area contributed by atoms with Gasteiger partial charge >= 0.3 is 5.69 Å². The third-order valence-electron chi connectivity index (χ3n) is 3.80. The highest BCUT2D eigenvalue weighted by molar-refractivity contribution is 7.98. The number of aromatic amines is 1.